The van der Waals surface area contributed by atoms with E-state index in [9.17, 15) is 4.79 Å². The van der Waals surface area contributed by atoms with Crippen LogP contribution in [0.2, 0.25) is 0 Å². The second-order valence-corrected chi connectivity index (χ2v) is 4.48. The number of hydrogen-bond donors (Lipinski definition) is 1. The molecule has 1 aliphatic carbocycles. The minimum atomic E-state index is 0.201. The van der Waals surface area contributed by atoms with Gasteiger partial charge in [-0.3, -0.25) is 4.79 Å². The Kier molecular flexibility index (Phi) is 2.54. The predicted molar refractivity (Wildman–Crippen MR) is 55.4 cm³/mol. The molecule has 0 aromatic heterocycles. The molecule has 2 rings (SSSR count). The smallest absolute Gasteiger partial charge is 0.220 e. The molecular weight excluding hydrogens is 230 g/mol. The highest BCUT2D eigenvalue weighted by atomic mass is 79.9. The third kappa shape index (κ3) is 2.02. The minimum absolute atomic E-state index is 0.201. The number of halogens is 1. The van der Waals surface area contributed by atoms with Crippen LogP contribution in [0.3, 0.4) is 0 Å². The molecule has 1 N–H and O–H groups in total. The molecule has 2 atom stereocenters. The number of hydrogen-bond acceptors (Lipinski definition) is 1. The standard InChI is InChI=1S/C10H12BrNO/c11-8-3-1-7(2-4-8)9-5-6-10(13)12-9/h1,3-4,7,9H,2,5-6H2,(H,12,13). The van der Waals surface area contributed by atoms with Gasteiger partial charge in [0.05, 0.1) is 0 Å². The fourth-order valence-corrected chi connectivity index (χ4v) is 2.21. The van der Waals surface area contributed by atoms with Crippen molar-refractivity contribution in [1.82, 2.24) is 5.32 Å². The van der Waals surface area contributed by atoms with Crippen molar-refractivity contribution < 1.29 is 4.79 Å². The number of amides is 1. The van der Waals surface area contributed by atoms with E-state index in [2.05, 4.69) is 39.5 Å². The number of nitrogens with one attached hydrogen (secondary N) is 1. The van der Waals surface area contributed by atoms with Gasteiger partial charge in [0.15, 0.2) is 0 Å². The average molecular weight is 242 g/mol. The fourth-order valence-electron chi connectivity index (χ4n) is 1.87. The summed E-state index contributed by atoms with van der Waals surface area (Å²) < 4.78 is 1.15. The largest absolute Gasteiger partial charge is 0.353 e. The molecule has 13 heavy (non-hydrogen) atoms. The van der Waals surface area contributed by atoms with Crippen LogP contribution in [0.4, 0.5) is 0 Å². The van der Waals surface area contributed by atoms with E-state index < -0.39 is 0 Å². The van der Waals surface area contributed by atoms with E-state index in [4.69, 9.17) is 0 Å². The van der Waals surface area contributed by atoms with Crippen LogP contribution in [-0.2, 0) is 4.79 Å². The molecule has 0 aromatic carbocycles. The van der Waals surface area contributed by atoms with E-state index in [1.54, 1.807) is 0 Å². The van der Waals surface area contributed by atoms with Gasteiger partial charge >= 0.3 is 0 Å². The molecule has 3 heteroatoms. The van der Waals surface area contributed by atoms with Gasteiger partial charge in [-0.1, -0.05) is 34.2 Å². The molecule has 1 saturated heterocycles. The zero-order valence-electron chi connectivity index (χ0n) is 7.29. The van der Waals surface area contributed by atoms with E-state index in [0.717, 1.165) is 17.3 Å². The van der Waals surface area contributed by atoms with Gasteiger partial charge < -0.3 is 5.32 Å². The van der Waals surface area contributed by atoms with Crippen molar-refractivity contribution in [2.75, 3.05) is 0 Å². The molecule has 0 spiro atoms. The zero-order chi connectivity index (χ0) is 9.26. The van der Waals surface area contributed by atoms with Crippen LogP contribution in [0.25, 0.3) is 0 Å². The molecule has 0 radical (unpaired) electrons. The summed E-state index contributed by atoms with van der Waals surface area (Å²) >= 11 is 3.42. The zero-order valence-corrected chi connectivity index (χ0v) is 8.88. The van der Waals surface area contributed by atoms with E-state index in [0.29, 0.717) is 18.4 Å². The Bertz CT molecular complexity index is 283. The van der Waals surface area contributed by atoms with Gasteiger partial charge in [-0.05, 0) is 12.8 Å². The Labute approximate surface area is 86.2 Å². The molecule has 2 nitrogen and oxygen atoms in total. The molecule has 1 aliphatic heterocycles. The fraction of sp³-hybridized carbons (Fsp3) is 0.500. The van der Waals surface area contributed by atoms with Gasteiger partial charge in [-0.25, -0.2) is 0 Å². The lowest BCUT2D eigenvalue weighted by atomic mass is 9.92. The first-order chi connectivity index (χ1) is 6.25. The molecule has 1 amide bonds. The maximum absolute atomic E-state index is 11.0. The predicted octanol–water partition coefficient (Wildman–Crippen LogP) is 2.12. The highest BCUT2D eigenvalue weighted by molar-refractivity contribution is 9.11. The molecule has 0 saturated carbocycles. The van der Waals surface area contributed by atoms with Crippen LogP contribution in [0.1, 0.15) is 19.3 Å². The lowest BCUT2D eigenvalue weighted by Crippen LogP contribution is -2.32. The van der Waals surface area contributed by atoms with Crippen LogP contribution in [0.5, 0.6) is 0 Å². The van der Waals surface area contributed by atoms with Crippen molar-refractivity contribution in [2.24, 2.45) is 5.92 Å². The number of carbonyl (C=O) groups excluding carboxylic acids is 1. The quantitative estimate of drug-likeness (QED) is 0.749. The SMILES string of the molecule is O=C1CCC(C2C=CC(Br)=CC2)N1. The van der Waals surface area contributed by atoms with Crippen molar-refractivity contribution in [1.29, 1.82) is 0 Å². The summed E-state index contributed by atoms with van der Waals surface area (Å²) in [5.41, 5.74) is 0. The summed E-state index contributed by atoms with van der Waals surface area (Å²) in [7, 11) is 0. The number of allylic oxidation sites excluding steroid dienone is 3. The first-order valence-electron chi connectivity index (χ1n) is 4.59. The van der Waals surface area contributed by atoms with Gasteiger partial charge in [0, 0.05) is 22.9 Å². The summed E-state index contributed by atoms with van der Waals surface area (Å²) in [5.74, 6) is 0.694. The van der Waals surface area contributed by atoms with Crippen LogP contribution in [0, 0.1) is 5.92 Å². The lowest BCUT2D eigenvalue weighted by molar-refractivity contribution is -0.119. The van der Waals surface area contributed by atoms with Crippen LogP contribution in [-0.4, -0.2) is 11.9 Å². The van der Waals surface area contributed by atoms with Crippen LogP contribution in [0.15, 0.2) is 22.7 Å². The Morgan fingerprint density at radius 2 is 2.38 bits per heavy atom. The number of carbonyl (C=O) groups is 1. The molecule has 2 unspecified atom stereocenters. The summed E-state index contributed by atoms with van der Waals surface area (Å²) in [6, 6.07) is 0.362. The van der Waals surface area contributed by atoms with E-state index >= 15 is 0 Å². The summed E-state index contributed by atoms with van der Waals surface area (Å²) in [4.78, 5) is 11.0. The van der Waals surface area contributed by atoms with E-state index in [1.165, 1.54) is 0 Å². The van der Waals surface area contributed by atoms with Crippen molar-refractivity contribution in [3.8, 4) is 0 Å². The minimum Gasteiger partial charge on any atom is -0.353 e. The Morgan fingerprint density at radius 1 is 1.54 bits per heavy atom. The third-order valence-corrected chi connectivity index (χ3v) is 3.22. The summed E-state index contributed by atoms with van der Waals surface area (Å²) in [5, 5.41) is 3.00. The van der Waals surface area contributed by atoms with E-state index in [1.807, 2.05) is 0 Å². The Hall–Kier alpha value is -0.570. The monoisotopic (exact) mass is 241 g/mol. The number of rotatable bonds is 1. The average Bonchev–Trinajstić information content (AvgIpc) is 2.53. The first-order valence-corrected chi connectivity index (χ1v) is 5.38. The highest BCUT2D eigenvalue weighted by Gasteiger charge is 2.27. The lowest BCUT2D eigenvalue weighted by Gasteiger charge is -2.20. The van der Waals surface area contributed by atoms with Gasteiger partial charge in [0.25, 0.3) is 0 Å². The van der Waals surface area contributed by atoms with Crippen LogP contribution >= 0.6 is 15.9 Å². The van der Waals surface area contributed by atoms with Crippen molar-refractivity contribution in [2.45, 2.75) is 25.3 Å². The molecule has 2 aliphatic rings. The van der Waals surface area contributed by atoms with Gasteiger partial charge in [-0.15, -0.1) is 0 Å². The molecule has 1 heterocycles. The maximum atomic E-state index is 11.0. The molecule has 0 bridgehead atoms. The Morgan fingerprint density at radius 3 is 2.92 bits per heavy atom. The third-order valence-electron chi connectivity index (χ3n) is 2.63. The maximum Gasteiger partial charge on any atom is 0.220 e. The van der Waals surface area contributed by atoms with Gasteiger partial charge in [0.2, 0.25) is 5.91 Å². The van der Waals surface area contributed by atoms with Crippen molar-refractivity contribution >= 4 is 21.8 Å². The topological polar surface area (TPSA) is 29.1 Å². The Balaban J connectivity index is 1.97. The van der Waals surface area contributed by atoms with Crippen LogP contribution < -0.4 is 5.32 Å². The summed E-state index contributed by atoms with van der Waals surface area (Å²) in [6.07, 6.45) is 9.12. The summed E-state index contributed by atoms with van der Waals surface area (Å²) in [6.45, 7) is 0. The van der Waals surface area contributed by atoms with Gasteiger partial charge in [0.1, 0.15) is 0 Å². The second-order valence-electron chi connectivity index (χ2n) is 3.56. The molecule has 1 fully saturated rings. The molecule has 0 aromatic rings. The van der Waals surface area contributed by atoms with Crippen molar-refractivity contribution in [3.05, 3.63) is 22.7 Å². The normalized spacial score (nSPS) is 33.0. The van der Waals surface area contributed by atoms with Crippen molar-refractivity contribution in [3.63, 3.8) is 0 Å². The molecule has 70 valence electrons. The second kappa shape index (κ2) is 3.66. The first kappa shape index (κ1) is 9.00. The molecular formula is C10H12BrNO. The highest BCUT2D eigenvalue weighted by Crippen LogP contribution is 2.26. The van der Waals surface area contributed by atoms with E-state index in [-0.39, 0.29) is 5.91 Å². The van der Waals surface area contributed by atoms with Gasteiger partial charge in [-0.2, -0.15) is 0 Å².